The topological polar surface area (TPSA) is 60.0 Å². The summed E-state index contributed by atoms with van der Waals surface area (Å²) < 4.78 is 9.86. The van der Waals surface area contributed by atoms with E-state index in [9.17, 15) is 0 Å². The zero-order valence-electron chi connectivity index (χ0n) is 6.79. The number of aromatic nitrogens is 3. The number of H-pyrrole nitrogens is 1. The van der Waals surface area contributed by atoms with Crippen molar-refractivity contribution < 1.29 is 9.47 Å². The van der Waals surface area contributed by atoms with Crippen LogP contribution in [-0.2, 0) is 9.47 Å². The number of rotatable bonds is 3. The molecule has 0 radical (unpaired) electrons. The fourth-order valence-electron chi connectivity index (χ4n) is 0.772. The first-order valence-electron chi connectivity index (χ1n) is 3.22. The summed E-state index contributed by atoms with van der Waals surface area (Å²) in [7, 11) is 3.08. The summed E-state index contributed by atoms with van der Waals surface area (Å²) in [5.41, 5.74) is 0. The van der Waals surface area contributed by atoms with E-state index < -0.39 is 6.29 Å². The normalized spacial score (nSPS) is 10.9. The van der Waals surface area contributed by atoms with Crippen molar-refractivity contribution in [2.45, 2.75) is 13.2 Å². The summed E-state index contributed by atoms with van der Waals surface area (Å²) in [5, 5.41) is 6.57. The maximum absolute atomic E-state index is 4.93. The molecule has 1 N–H and O–H groups in total. The minimum atomic E-state index is -0.472. The highest BCUT2D eigenvalue weighted by Gasteiger charge is 2.13. The lowest BCUT2D eigenvalue weighted by Crippen LogP contribution is -2.05. The molecule has 62 valence electrons. The summed E-state index contributed by atoms with van der Waals surface area (Å²) in [4.78, 5) is 4.04. The standard InChI is InChI=1S/C6H11N3O2/c1-4-7-5(9-8-4)6(10-2)11-3/h6H,1-3H3,(H,7,8,9). The van der Waals surface area contributed by atoms with Crippen molar-refractivity contribution in [1.82, 2.24) is 15.2 Å². The van der Waals surface area contributed by atoms with Gasteiger partial charge in [0.2, 0.25) is 12.1 Å². The van der Waals surface area contributed by atoms with Crippen LogP contribution in [0.15, 0.2) is 0 Å². The van der Waals surface area contributed by atoms with Gasteiger partial charge in [0.15, 0.2) is 0 Å². The predicted octanol–water partition coefficient (Wildman–Crippen LogP) is 0.405. The van der Waals surface area contributed by atoms with E-state index >= 15 is 0 Å². The Morgan fingerprint density at radius 3 is 2.36 bits per heavy atom. The molecule has 0 fully saturated rings. The van der Waals surface area contributed by atoms with Gasteiger partial charge in [0, 0.05) is 14.2 Å². The Morgan fingerprint density at radius 2 is 2.00 bits per heavy atom. The molecule has 0 unspecified atom stereocenters. The smallest absolute Gasteiger partial charge is 0.220 e. The first-order valence-corrected chi connectivity index (χ1v) is 3.22. The van der Waals surface area contributed by atoms with Crippen molar-refractivity contribution in [3.8, 4) is 0 Å². The lowest BCUT2D eigenvalue weighted by molar-refractivity contribution is -0.111. The van der Waals surface area contributed by atoms with Crippen LogP contribution in [0.1, 0.15) is 17.9 Å². The Balaban J connectivity index is 2.73. The number of ether oxygens (including phenoxy) is 2. The molecule has 0 aliphatic rings. The molecular weight excluding hydrogens is 146 g/mol. The van der Waals surface area contributed by atoms with E-state index in [4.69, 9.17) is 9.47 Å². The Kier molecular flexibility index (Phi) is 2.56. The number of methoxy groups -OCH3 is 2. The highest BCUT2D eigenvalue weighted by molar-refractivity contribution is 4.88. The number of aromatic amines is 1. The predicted molar refractivity (Wildman–Crippen MR) is 37.9 cm³/mol. The monoisotopic (exact) mass is 157 g/mol. The molecule has 0 bridgehead atoms. The van der Waals surface area contributed by atoms with Gasteiger partial charge >= 0.3 is 0 Å². The van der Waals surface area contributed by atoms with Crippen molar-refractivity contribution in [2.75, 3.05) is 14.2 Å². The van der Waals surface area contributed by atoms with Crippen molar-refractivity contribution >= 4 is 0 Å². The number of nitrogens with zero attached hydrogens (tertiary/aromatic N) is 2. The lowest BCUT2D eigenvalue weighted by atomic mass is 10.6. The Morgan fingerprint density at radius 1 is 1.36 bits per heavy atom. The maximum Gasteiger partial charge on any atom is 0.220 e. The Bertz CT molecular complexity index is 219. The third-order valence-electron chi connectivity index (χ3n) is 1.25. The molecule has 0 spiro atoms. The zero-order valence-corrected chi connectivity index (χ0v) is 6.79. The van der Waals surface area contributed by atoms with Crippen LogP contribution in [0.5, 0.6) is 0 Å². The molecule has 1 heterocycles. The molecule has 1 aromatic rings. The summed E-state index contributed by atoms with van der Waals surface area (Å²) in [6.45, 7) is 1.82. The van der Waals surface area contributed by atoms with E-state index in [0.29, 0.717) is 5.82 Å². The van der Waals surface area contributed by atoms with E-state index in [-0.39, 0.29) is 0 Å². The second-order valence-corrected chi connectivity index (χ2v) is 2.08. The highest BCUT2D eigenvalue weighted by atomic mass is 16.7. The maximum atomic E-state index is 4.93. The average molecular weight is 157 g/mol. The molecule has 1 rings (SSSR count). The van der Waals surface area contributed by atoms with Gasteiger partial charge in [0.25, 0.3) is 0 Å². The molecule has 5 heteroatoms. The van der Waals surface area contributed by atoms with Crippen molar-refractivity contribution in [3.05, 3.63) is 11.6 Å². The van der Waals surface area contributed by atoms with E-state index in [1.807, 2.05) is 6.92 Å². The van der Waals surface area contributed by atoms with Crippen LogP contribution in [0.2, 0.25) is 0 Å². The van der Waals surface area contributed by atoms with Crippen LogP contribution < -0.4 is 0 Å². The third-order valence-corrected chi connectivity index (χ3v) is 1.25. The lowest BCUT2D eigenvalue weighted by Gasteiger charge is -2.07. The Hall–Kier alpha value is -0.940. The third kappa shape index (κ3) is 1.75. The van der Waals surface area contributed by atoms with Crippen molar-refractivity contribution in [2.24, 2.45) is 0 Å². The quantitative estimate of drug-likeness (QED) is 0.645. The molecule has 0 aromatic carbocycles. The van der Waals surface area contributed by atoms with Gasteiger partial charge in [-0.1, -0.05) is 0 Å². The summed E-state index contributed by atoms with van der Waals surface area (Å²) >= 11 is 0. The van der Waals surface area contributed by atoms with E-state index in [1.165, 1.54) is 0 Å². The molecule has 0 atom stereocenters. The van der Waals surface area contributed by atoms with Crippen molar-refractivity contribution in [3.63, 3.8) is 0 Å². The van der Waals surface area contributed by atoms with Gasteiger partial charge < -0.3 is 9.47 Å². The number of aryl methyl sites for hydroxylation is 1. The largest absolute Gasteiger partial charge is 0.349 e. The molecule has 5 nitrogen and oxygen atoms in total. The fourth-order valence-corrected chi connectivity index (χ4v) is 0.772. The van der Waals surface area contributed by atoms with Crippen LogP contribution in [0.25, 0.3) is 0 Å². The SMILES string of the molecule is COC(OC)c1n[nH]c(C)n1. The fraction of sp³-hybridized carbons (Fsp3) is 0.667. The second-order valence-electron chi connectivity index (χ2n) is 2.08. The second kappa shape index (κ2) is 3.45. The minimum absolute atomic E-state index is 0.472. The van der Waals surface area contributed by atoms with Crippen LogP contribution in [0.3, 0.4) is 0 Å². The van der Waals surface area contributed by atoms with Crippen LogP contribution in [0, 0.1) is 6.92 Å². The average Bonchev–Trinajstić information content (AvgIpc) is 2.39. The van der Waals surface area contributed by atoms with Crippen LogP contribution in [-0.4, -0.2) is 29.4 Å². The van der Waals surface area contributed by atoms with Crippen molar-refractivity contribution in [1.29, 1.82) is 0 Å². The minimum Gasteiger partial charge on any atom is -0.349 e. The van der Waals surface area contributed by atoms with E-state index in [0.717, 1.165) is 5.82 Å². The molecule has 0 amide bonds. The van der Waals surface area contributed by atoms with Gasteiger partial charge in [0.1, 0.15) is 5.82 Å². The number of nitrogens with one attached hydrogen (secondary N) is 1. The first kappa shape index (κ1) is 8.16. The van der Waals surface area contributed by atoms with Gasteiger partial charge in [0.05, 0.1) is 0 Å². The van der Waals surface area contributed by atoms with Gasteiger partial charge in [-0.25, -0.2) is 4.98 Å². The molecule has 1 aromatic heterocycles. The van der Waals surface area contributed by atoms with Crippen LogP contribution in [0.4, 0.5) is 0 Å². The summed E-state index contributed by atoms with van der Waals surface area (Å²) in [6, 6.07) is 0. The summed E-state index contributed by atoms with van der Waals surface area (Å²) in [5.74, 6) is 1.27. The first-order chi connectivity index (χ1) is 5.27. The number of hydrogen-bond acceptors (Lipinski definition) is 4. The Labute approximate surface area is 64.7 Å². The van der Waals surface area contributed by atoms with Gasteiger partial charge in [-0.2, -0.15) is 5.10 Å². The van der Waals surface area contributed by atoms with E-state index in [2.05, 4.69) is 15.2 Å². The number of hydrogen-bond donors (Lipinski definition) is 1. The highest BCUT2D eigenvalue weighted by Crippen LogP contribution is 2.10. The van der Waals surface area contributed by atoms with Crippen LogP contribution >= 0.6 is 0 Å². The summed E-state index contributed by atoms with van der Waals surface area (Å²) in [6.07, 6.45) is -0.472. The van der Waals surface area contributed by atoms with Gasteiger partial charge in [-0.15, -0.1) is 0 Å². The van der Waals surface area contributed by atoms with Gasteiger partial charge in [-0.3, -0.25) is 5.10 Å². The van der Waals surface area contributed by atoms with E-state index in [1.54, 1.807) is 14.2 Å². The zero-order chi connectivity index (χ0) is 8.27. The van der Waals surface area contributed by atoms with Gasteiger partial charge in [-0.05, 0) is 6.92 Å². The molecule has 11 heavy (non-hydrogen) atoms. The molecular formula is C6H11N3O2. The molecule has 0 saturated carbocycles. The molecule has 0 aliphatic carbocycles. The molecule has 0 saturated heterocycles. The molecule has 0 aliphatic heterocycles.